The van der Waals surface area contributed by atoms with Gasteiger partial charge in [-0.25, -0.2) is 9.47 Å². The molecule has 5 rings (SSSR count). The van der Waals surface area contributed by atoms with E-state index in [2.05, 4.69) is 20.6 Å². The van der Waals surface area contributed by atoms with Crippen LogP contribution in [-0.4, -0.2) is 19.9 Å². The number of pyridine rings is 1. The lowest BCUT2D eigenvalue weighted by atomic mass is 10.1. The lowest BCUT2D eigenvalue weighted by molar-refractivity contribution is 0.558. The van der Waals surface area contributed by atoms with Crippen LogP contribution in [0.25, 0.3) is 28.1 Å². The minimum Gasteiger partial charge on any atom is -0.422 e. The summed E-state index contributed by atoms with van der Waals surface area (Å²) in [5.74, 6) is 0.622. The van der Waals surface area contributed by atoms with E-state index in [9.17, 15) is 4.79 Å². The zero-order valence-corrected chi connectivity index (χ0v) is 14.1. The number of thioether (sulfide) groups is 1. The third-order valence-corrected chi connectivity index (χ3v) is 4.83. The molecule has 3 aromatic heterocycles. The highest BCUT2D eigenvalue weighted by Crippen LogP contribution is 2.30. The first kappa shape index (κ1) is 14.9. The number of para-hydroxylation sites is 1. The monoisotopic (exact) mass is 361 g/mol. The molecule has 1 aromatic carbocycles. The first-order valence-electron chi connectivity index (χ1n) is 7.82. The molecule has 4 heterocycles. The molecule has 0 bridgehead atoms. The highest BCUT2D eigenvalue weighted by Gasteiger charge is 2.21. The van der Waals surface area contributed by atoms with Crippen LogP contribution in [0.15, 0.2) is 74.6 Å². The predicted molar refractivity (Wildman–Crippen MR) is 98.9 cm³/mol. The van der Waals surface area contributed by atoms with E-state index in [1.165, 1.54) is 11.8 Å². The fourth-order valence-corrected chi connectivity index (χ4v) is 3.49. The maximum absolute atomic E-state index is 12.4. The highest BCUT2D eigenvalue weighted by atomic mass is 32.2. The molecular formula is C18H11N5O2S. The lowest BCUT2D eigenvalue weighted by Crippen LogP contribution is -2.21. The van der Waals surface area contributed by atoms with Crippen LogP contribution in [0.4, 0.5) is 0 Å². The highest BCUT2D eigenvalue weighted by molar-refractivity contribution is 8.02. The topological polar surface area (TPSA) is 85.8 Å². The van der Waals surface area contributed by atoms with Gasteiger partial charge in [-0.05, 0) is 24.3 Å². The Kier molecular flexibility index (Phi) is 3.36. The molecule has 0 saturated heterocycles. The van der Waals surface area contributed by atoms with Crippen molar-refractivity contribution in [2.45, 2.75) is 5.16 Å². The predicted octanol–water partition coefficient (Wildman–Crippen LogP) is 3.09. The van der Waals surface area contributed by atoms with E-state index < -0.39 is 5.63 Å². The van der Waals surface area contributed by atoms with Crippen molar-refractivity contribution in [3.8, 4) is 11.4 Å². The molecule has 0 amide bonds. The molecular weight excluding hydrogens is 350 g/mol. The quantitative estimate of drug-likeness (QED) is 0.549. The van der Waals surface area contributed by atoms with Crippen molar-refractivity contribution in [3.63, 3.8) is 0 Å². The first-order valence-corrected chi connectivity index (χ1v) is 8.70. The van der Waals surface area contributed by atoms with Crippen LogP contribution < -0.4 is 11.1 Å². The zero-order valence-electron chi connectivity index (χ0n) is 13.3. The van der Waals surface area contributed by atoms with Gasteiger partial charge in [0.15, 0.2) is 5.82 Å². The fourth-order valence-electron chi connectivity index (χ4n) is 2.76. The number of nitrogens with one attached hydrogen (secondary N) is 1. The van der Waals surface area contributed by atoms with Gasteiger partial charge in [-0.1, -0.05) is 30.0 Å². The lowest BCUT2D eigenvalue weighted by Gasteiger charge is -2.18. The van der Waals surface area contributed by atoms with E-state index in [4.69, 9.17) is 4.42 Å². The van der Waals surface area contributed by atoms with E-state index >= 15 is 0 Å². The van der Waals surface area contributed by atoms with Crippen LogP contribution in [-0.2, 0) is 0 Å². The Bertz CT molecular complexity index is 1210. The molecule has 1 aliphatic heterocycles. The molecule has 8 heteroatoms. The van der Waals surface area contributed by atoms with Crippen LogP contribution in [0.5, 0.6) is 0 Å². The Morgan fingerprint density at radius 1 is 1.12 bits per heavy atom. The number of nitrogens with zero attached hydrogens (tertiary/aromatic N) is 4. The molecule has 0 aliphatic carbocycles. The van der Waals surface area contributed by atoms with Gasteiger partial charge in [-0.2, -0.15) is 0 Å². The number of hydrogen-bond acceptors (Lipinski definition) is 7. The van der Waals surface area contributed by atoms with E-state index in [0.717, 1.165) is 10.9 Å². The summed E-state index contributed by atoms with van der Waals surface area (Å²) in [6, 6.07) is 13.0. The Morgan fingerprint density at radius 2 is 2.04 bits per heavy atom. The van der Waals surface area contributed by atoms with E-state index in [1.54, 1.807) is 23.1 Å². The van der Waals surface area contributed by atoms with Gasteiger partial charge in [0.25, 0.3) is 0 Å². The molecule has 126 valence electrons. The maximum Gasteiger partial charge on any atom is 0.345 e. The van der Waals surface area contributed by atoms with Gasteiger partial charge in [0.2, 0.25) is 5.16 Å². The molecule has 0 spiro atoms. The molecule has 26 heavy (non-hydrogen) atoms. The van der Waals surface area contributed by atoms with Crippen LogP contribution in [0.2, 0.25) is 0 Å². The molecule has 0 unspecified atom stereocenters. The minimum absolute atomic E-state index is 0.400. The van der Waals surface area contributed by atoms with Crippen molar-refractivity contribution in [1.29, 1.82) is 0 Å². The number of rotatable bonds is 2. The van der Waals surface area contributed by atoms with Crippen molar-refractivity contribution in [1.82, 2.24) is 19.9 Å². The second-order valence-corrected chi connectivity index (χ2v) is 6.47. The molecule has 0 fully saturated rings. The smallest absolute Gasteiger partial charge is 0.345 e. The molecule has 0 saturated carbocycles. The van der Waals surface area contributed by atoms with Crippen molar-refractivity contribution < 1.29 is 4.42 Å². The van der Waals surface area contributed by atoms with Crippen molar-refractivity contribution in [2.75, 3.05) is 5.43 Å². The second kappa shape index (κ2) is 5.85. The van der Waals surface area contributed by atoms with Gasteiger partial charge in [0, 0.05) is 28.8 Å². The second-order valence-electron chi connectivity index (χ2n) is 5.63. The van der Waals surface area contributed by atoms with Gasteiger partial charge < -0.3 is 4.42 Å². The minimum atomic E-state index is -0.400. The Morgan fingerprint density at radius 3 is 2.92 bits per heavy atom. The maximum atomic E-state index is 12.4. The Balaban J connectivity index is 1.59. The number of benzene rings is 1. The number of hydrogen-bond donors (Lipinski definition) is 1. The van der Waals surface area contributed by atoms with Gasteiger partial charge >= 0.3 is 5.63 Å². The molecule has 7 nitrogen and oxygen atoms in total. The van der Waals surface area contributed by atoms with Crippen LogP contribution in [0, 0.1) is 0 Å². The molecule has 1 aliphatic rings. The summed E-state index contributed by atoms with van der Waals surface area (Å²) < 4.78 is 7.18. The zero-order chi connectivity index (χ0) is 17.5. The van der Waals surface area contributed by atoms with Gasteiger partial charge in [-0.3, -0.25) is 10.4 Å². The van der Waals surface area contributed by atoms with Crippen molar-refractivity contribution >= 4 is 28.4 Å². The van der Waals surface area contributed by atoms with Crippen LogP contribution in [0.1, 0.15) is 5.56 Å². The average molecular weight is 361 g/mol. The Labute approximate surface area is 151 Å². The van der Waals surface area contributed by atoms with Gasteiger partial charge in [0.1, 0.15) is 5.58 Å². The molecule has 1 N–H and O–H groups in total. The molecule has 0 atom stereocenters. The average Bonchev–Trinajstić information content (AvgIpc) is 3.11. The van der Waals surface area contributed by atoms with E-state index in [-0.39, 0.29) is 0 Å². The van der Waals surface area contributed by atoms with Gasteiger partial charge in [-0.15, -0.1) is 10.2 Å². The van der Waals surface area contributed by atoms with Crippen molar-refractivity contribution in [3.05, 3.63) is 76.2 Å². The van der Waals surface area contributed by atoms with Crippen LogP contribution in [0.3, 0.4) is 0 Å². The molecule has 4 aromatic rings. The first-order chi connectivity index (χ1) is 12.8. The molecule has 0 radical (unpaired) electrons. The number of aromatic nitrogens is 4. The fraction of sp³-hybridized carbons (Fsp3) is 0. The summed E-state index contributed by atoms with van der Waals surface area (Å²) >= 11 is 1.39. The third-order valence-electron chi connectivity index (χ3n) is 4.00. The SMILES string of the molecule is O=c1oc2ccccc2cc1C1=CSc2nnc(-c3cccnc3)n2N1. The summed E-state index contributed by atoms with van der Waals surface area (Å²) in [6.07, 6.45) is 3.41. The summed E-state index contributed by atoms with van der Waals surface area (Å²) in [5.41, 5.74) is 5.28. The number of fused-ring (bicyclic) bond motifs is 2. The van der Waals surface area contributed by atoms with E-state index in [0.29, 0.717) is 27.8 Å². The normalized spacial score (nSPS) is 13.2. The van der Waals surface area contributed by atoms with Crippen LogP contribution >= 0.6 is 11.8 Å². The summed E-state index contributed by atoms with van der Waals surface area (Å²) in [7, 11) is 0. The van der Waals surface area contributed by atoms with E-state index in [1.807, 2.05) is 41.8 Å². The Hall–Kier alpha value is -3.39. The van der Waals surface area contributed by atoms with Crippen molar-refractivity contribution in [2.24, 2.45) is 0 Å². The summed E-state index contributed by atoms with van der Waals surface area (Å²) in [4.78, 5) is 16.6. The van der Waals surface area contributed by atoms with Gasteiger partial charge in [0.05, 0.1) is 11.3 Å². The summed E-state index contributed by atoms with van der Waals surface area (Å²) in [5, 5.41) is 11.8. The summed E-state index contributed by atoms with van der Waals surface area (Å²) in [6.45, 7) is 0. The largest absolute Gasteiger partial charge is 0.422 e. The third kappa shape index (κ3) is 2.39. The standard InChI is InChI=1S/C18H11N5O2S/c24-17-13(8-11-4-1-2-6-15(11)25-17)14-10-26-18-21-20-16(23(18)22-14)12-5-3-7-19-9-12/h1-10,22H.